The van der Waals surface area contributed by atoms with Crippen molar-refractivity contribution in [3.63, 3.8) is 0 Å². The van der Waals surface area contributed by atoms with E-state index in [-0.39, 0.29) is 11.8 Å². The van der Waals surface area contributed by atoms with E-state index in [0.717, 1.165) is 22.9 Å². The lowest BCUT2D eigenvalue weighted by Gasteiger charge is -2.08. The Morgan fingerprint density at radius 1 is 1.35 bits per heavy atom. The maximum Gasteiger partial charge on any atom is 0.252 e. The van der Waals surface area contributed by atoms with Gasteiger partial charge in [-0.05, 0) is 54.2 Å². The van der Waals surface area contributed by atoms with Crippen molar-refractivity contribution in [3.8, 4) is 0 Å². The first-order valence-electron chi connectivity index (χ1n) is 6.90. The lowest BCUT2D eigenvalue weighted by molar-refractivity contribution is -0.121. The highest BCUT2D eigenvalue weighted by Crippen LogP contribution is 2.19. The van der Waals surface area contributed by atoms with Gasteiger partial charge in [0.15, 0.2) is 0 Å². The Morgan fingerprint density at radius 2 is 2.10 bits per heavy atom. The molecule has 1 fully saturated rings. The van der Waals surface area contributed by atoms with Crippen molar-refractivity contribution in [1.82, 2.24) is 10.6 Å². The monoisotopic (exact) mass is 338 g/mol. The van der Waals surface area contributed by atoms with E-state index in [9.17, 15) is 9.59 Å². The van der Waals surface area contributed by atoms with Crippen molar-refractivity contribution in [2.24, 2.45) is 0 Å². The Bertz CT molecular complexity index is 513. The van der Waals surface area contributed by atoms with Gasteiger partial charge in [0, 0.05) is 23.5 Å². The first-order chi connectivity index (χ1) is 9.56. The highest BCUT2D eigenvalue weighted by molar-refractivity contribution is 9.10. The highest BCUT2D eigenvalue weighted by atomic mass is 79.9. The van der Waals surface area contributed by atoms with Crippen molar-refractivity contribution < 1.29 is 9.59 Å². The van der Waals surface area contributed by atoms with Gasteiger partial charge in [0.2, 0.25) is 5.91 Å². The molecule has 1 saturated carbocycles. The number of carbonyl (C=O) groups is 2. The van der Waals surface area contributed by atoms with Crippen molar-refractivity contribution in [3.05, 3.63) is 33.8 Å². The molecule has 0 spiro atoms. The topological polar surface area (TPSA) is 58.2 Å². The summed E-state index contributed by atoms with van der Waals surface area (Å²) in [6.07, 6.45) is 3.33. The Kier molecular flexibility index (Phi) is 5.17. The smallest absolute Gasteiger partial charge is 0.252 e. The van der Waals surface area contributed by atoms with E-state index >= 15 is 0 Å². The van der Waals surface area contributed by atoms with E-state index in [1.165, 1.54) is 0 Å². The fraction of sp³-hybridized carbons (Fsp3) is 0.467. The fourth-order valence-electron chi connectivity index (χ4n) is 1.89. The summed E-state index contributed by atoms with van der Waals surface area (Å²) in [5.41, 5.74) is 1.68. The van der Waals surface area contributed by atoms with Crippen LogP contribution in [0.4, 0.5) is 0 Å². The van der Waals surface area contributed by atoms with Gasteiger partial charge in [0.1, 0.15) is 0 Å². The van der Waals surface area contributed by atoms with Crippen molar-refractivity contribution in [1.29, 1.82) is 0 Å². The van der Waals surface area contributed by atoms with Crippen LogP contribution in [0.3, 0.4) is 0 Å². The summed E-state index contributed by atoms with van der Waals surface area (Å²) >= 11 is 3.37. The summed E-state index contributed by atoms with van der Waals surface area (Å²) in [6.45, 7) is 2.46. The summed E-state index contributed by atoms with van der Waals surface area (Å²) in [4.78, 5) is 23.5. The van der Waals surface area contributed by atoms with Gasteiger partial charge in [0.25, 0.3) is 5.91 Å². The molecule has 0 aliphatic heterocycles. The van der Waals surface area contributed by atoms with Crippen LogP contribution in [0.5, 0.6) is 0 Å². The average molecular weight is 339 g/mol. The van der Waals surface area contributed by atoms with E-state index in [2.05, 4.69) is 26.6 Å². The molecule has 0 saturated heterocycles. The zero-order valence-electron chi connectivity index (χ0n) is 11.5. The standard InChI is InChI=1S/C15H19BrN2O2/c1-10-4-7-13(16)12(9-10)15(20)17-8-2-3-14(19)18-11-5-6-11/h4,7,9,11H,2-3,5-6,8H2,1H3,(H,17,20)(H,18,19). The third-order valence-corrected chi connectivity index (χ3v) is 3.87. The second kappa shape index (κ2) is 6.88. The minimum absolute atomic E-state index is 0.0819. The molecular formula is C15H19BrN2O2. The van der Waals surface area contributed by atoms with E-state index in [1.54, 1.807) is 0 Å². The van der Waals surface area contributed by atoms with Gasteiger partial charge >= 0.3 is 0 Å². The average Bonchev–Trinajstić information content (AvgIpc) is 3.21. The predicted molar refractivity (Wildman–Crippen MR) is 81.6 cm³/mol. The first-order valence-corrected chi connectivity index (χ1v) is 7.69. The van der Waals surface area contributed by atoms with Crippen LogP contribution in [-0.4, -0.2) is 24.4 Å². The molecule has 1 aliphatic rings. The molecule has 0 unspecified atom stereocenters. The molecule has 0 atom stereocenters. The Morgan fingerprint density at radius 3 is 2.80 bits per heavy atom. The number of amides is 2. The van der Waals surface area contributed by atoms with Crippen LogP contribution in [-0.2, 0) is 4.79 Å². The molecule has 5 heteroatoms. The van der Waals surface area contributed by atoms with E-state index in [4.69, 9.17) is 0 Å². The van der Waals surface area contributed by atoms with Crippen LogP contribution >= 0.6 is 15.9 Å². The van der Waals surface area contributed by atoms with Crippen molar-refractivity contribution in [2.75, 3.05) is 6.54 Å². The van der Waals surface area contributed by atoms with Gasteiger partial charge in [-0.3, -0.25) is 9.59 Å². The number of aryl methyl sites for hydroxylation is 1. The number of hydrogen-bond donors (Lipinski definition) is 2. The third-order valence-electron chi connectivity index (χ3n) is 3.18. The largest absolute Gasteiger partial charge is 0.353 e. The van der Waals surface area contributed by atoms with Crippen LogP contribution in [0, 0.1) is 6.92 Å². The van der Waals surface area contributed by atoms with Gasteiger partial charge in [-0.25, -0.2) is 0 Å². The maximum atomic E-state index is 12.0. The third kappa shape index (κ3) is 4.63. The molecule has 1 aromatic carbocycles. The Hall–Kier alpha value is -1.36. The predicted octanol–water partition coefficient (Wildman–Crippen LogP) is 2.55. The quantitative estimate of drug-likeness (QED) is 0.783. The number of benzene rings is 1. The second-order valence-corrected chi connectivity index (χ2v) is 6.04. The lowest BCUT2D eigenvalue weighted by atomic mass is 10.1. The zero-order valence-corrected chi connectivity index (χ0v) is 13.1. The molecule has 4 nitrogen and oxygen atoms in total. The minimum Gasteiger partial charge on any atom is -0.353 e. The fourth-order valence-corrected chi connectivity index (χ4v) is 2.31. The van der Waals surface area contributed by atoms with E-state index in [0.29, 0.717) is 31.0 Å². The van der Waals surface area contributed by atoms with Gasteiger partial charge < -0.3 is 10.6 Å². The summed E-state index contributed by atoms with van der Waals surface area (Å²) in [6, 6.07) is 6.07. The number of halogens is 1. The summed E-state index contributed by atoms with van der Waals surface area (Å²) in [5, 5.41) is 5.77. The summed E-state index contributed by atoms with van der Waals surface area (Å²) in [5.74, 6) is -0.0262. The van der Waals surface area contributed by atoms with Crippen molar-refractivity contribution in [2.45, 2.75) is 38.6 Å². The van der Waals surface area contributed by atoms with Crippen LogP contribution < -0.4 is 10.6 Å². The minimum atomic E-state index is -0.108. The normalized spacial score (nSPS) is 13.9. The van der Waals surface area contributed by atoms with Gasteiger partial charge in [-0.2, -0.15) is 0 Å². The lowest BCUT2D eigenvalue weighted by Crippen LogP contribution is -2.28. The number of nitrogens with one attached hydrogen (secondary N) is 2. The zero-order chi connectivity index (χ0) is 14.5. The number of rotatable bonds is 6. The summed E-state index contributed by atoms with van der Waals surface area (Å²) < 4.78 is 0.784. The molecule has 1 aromatic rings. The Labute approximate surface area is 127 Å². The molecule has 0 radical (unpaired) electrons. The highest BCUT2D eigenvalue weighted by Gasteiger charge is 2.22. The molecule has 2 N–H and O–H groups in total. The van der Waals surface area contributed by atoms with Crippen molar-refractivity contribution >= 4 is 27.7 Å². The molecule has 108 valence electrons. The molecule has 20 heavy (non-hydrogen) atoms. The molecule has 0 bridgehead atoms. The Balaban J connectivity index is 1.71. The molecular weight excluding hydrogens is 320 g/mol. The van der Waals surface area contributed by atoms with Gasteiger partial charge in [-0.1, -0.05) is 11.6 Å². The number of hydrogen-bond acceptors (Lipinski definition) is 2. The second-order valence-electron chi connectivity index (χ2n) is 5.18. The maximum absolute atomic E-state index is 12.0. The molecule has 1 aliphatic carbocycles. The van der Waals surface area contributed by atoms with Gasteiger partial charge in [-0.15, -0.1) is 0 Å². The molecule has 0 aromatic heterocycles. The molecule has 2 amide bonds. The van der Waals surface area contributed by atoms with Gasteiger partial charge in [0.05, 0.1) is 5.56 Å². The van der Waals surface area contributed by atoms with Crippen LogP contribution in [0.15, 0.2) is 22.7 Å². The van der Waals surface area contributed by atoms with Crippen LogP contribution in [0.2, 0.25) is 0 Å². The molecule has 0 heterocycles. The number of carbonyl (C=O) groups excluding carboxylic acids is 2. The summed E-state index contributed by atoms with van der Waals surface area (Å²) in [7, 11) is 0. The van der Waals surface area contributed by atoms with E-state index in [1.807, 2.05) is 25.1 Å². The van der Waals surface area contributed by atoms with Crippen LogP contribution in [0.25, 0.3) is 0 Å². The first kappa shape index (κ1) is 15.0. The van der Waals surface area contributed by atoms with Crippen LogP contribution in [0.1, 0.15) is 41.6 Å². The SMILES string of the molecule is Cc1ccc(Br)c(C(=O)NCCCC(=O)NC2CC2)c1. The van der Waals surface area contributed by atoms with E-state index < -0.39 is 0 Å². The molecule has 2 rings (SSSR count).